The molecule has 164 valence electrons. The van der Waals surface area contributed by atoms with Crippen molar-refractivity contribution in [2.75, 3.05) is 13.1 Å². The van der Waals surface area contributed by atoms with E-state index in [1.807, 2.05) is 13.1 Å². The molecule has 1 aromatic heterocycles. The van der Waals surface area contributed by atoms with E-state index in [0.717, 1.165) is 25.7 Å². The van der Waals surface area contributed by atoms with Crippen molar-refractivity contribution in [1.82, 2.24) is 18.8 Å². The van der Waals surface area contributed by atoms with Gasteiger partial charge < -0.3 is 4.90 Å². The average molecular weight is 444 g/mol. The Hall–Kier alpha value is -2.64. The summed E-state index contributed by atoms with van der Waals surface area (Å²) in [5.41, 5.74) is -0.876. The Morgan fingerprint density at radius 2 is 1.84 bits per heavy atom. The highest BCUT2D eigenvalue weighted by Gasteiger charge is 2.42. The lowest BCUT2D eigenvalue weighted by molar-refractivity contribution is 0.166. The Bertz CT molecular complexity index is 1350. The molecule has 2 aromatic rings. The molecule has 1 aromatic carbocycles. The summed E-state index contributed by atoms with van der Waals surface area (Å²) in [6.07, 6.45) is 5.58. The highest BCUT2D eigenvalue weighted by Crippen LogP contribution is 2.46. The molecular formula is C21H25N5O4S. The molecule has 2 heterocycles. The molecule has 1 N–H and O–H groups in total. The van der Waals surface area contributed by atoms with E-state index >= 15 is 0 Å². The lowest BCUT2D eigenvalue weighted by atomic mass is 10.1. The minimum absolute atomic E-state index is 0.00413. The number of likely N-dealkylation sites (tertiary alicyclic amines) is 1. The van der Waals surface area contributed by atoms with E-state index in [1.54, 1.807) is 10.6 Å². The first-order valence-corrected chi connectivity index (χ1v) is 12.0. The molecular weight excluding hydrogens is 418 g/mol. The monoisotopic (exact) mass is 443 g/mol. The topological polar surface area (TPSA) is 117 Å². The third-order valence-electron chi connectivity index (χ3n) is 6.85. The second kappa shape index (κ2) is 6.43. The van der Waals surface area contributed by atoms with Crippen LogP contribution >= 0.6 is 0 Å². The largest absolute Gasteiger partial charge is 0.331 e. The van der Waals surface area contributed by atoms with Crippen LogP contribution in [0.25, 0.3) is 10.9 Å². The molecule has 10 heteroatoms. The maximum absolute atomic E-state index is 13.3. The predicted octanol–water partition coefficient (Wildman–Crippen LogP) is 1.13. The van der Waals surface area contributed by atoms with Crippen LogP contribution in [-0.4, -0.2) is 41.1 Å². The zero-order chi connectivity index (χ0) is 22.2. The van der Waals surface area contributed by atoms with E-state index in [1.165, 1.54) is 21.6 Å². The Labute approximate surface area is 179 Å². The first kappa shape index (κ1) is 20.3. The van der Waals surface area contributed by atoms with Gasteiger partial charge in [-0.2, -0.15) is 5.26 Å². The fraction of sp³-hybridized carbons (Fsp3) is 0.571. The fourth-order valence-corrected chi connectivity index (χ4v) is 5.63. The minimum atomic E-state index is -3.78. The molecule has 2 aliphatic carbocycles. The van der Waals surface area contributed by atoms with E-state index in [0.29, 0.717) is 25.2 Å². The van der Waals surface area contributed by atoms with E-state index in [4.69, 9.17) is 5.26 Å². The number of sulfonamides is 1. The van der Waals surface area contributed by atoms with Gasteiger partial charge in [-0.05, 0) is 56.2 Å². The molecule has 0 bridgehead atoms. The molecule has 2 saturated carbocycles. The van der Waals surface area contributed by atoms with Gasteiger partial charge in [-0.25, -0.2) is 17.9 Å². The molecule has 1 saturated heterocycles. The number of aromatic nitrogens is 2. The second-order valence-electron chi connectivity index (χ2n) is 9.86. The van der Waals surface area contributed by atoms with Gasteiger partial charge in [-0.3, -0.25) is 13.9 Å². The van der Waals surface area contributed by atoms with Crippen molar-refractivity contribution in [3.63, 3.8) is 0 Å². The number of fused-ring (bicyclic) bond motifs is 1. The lowest BCUT2D eigenvalue weighted by Gasteiger charge is -2.35. The van der Waals surface area contributed by atoms with E-state index in [9.17, 15) is 18.0 Å². The maximum Gasteiger partial charge on any atom is 0.331 e. The maximum atomic E-state index is 13.3. The summed E-state index contributed by atoms with van der Waals surface area (Å²) in [7, 11) is -3.78. The Morgan fingerprint density at radius 1 is 1.16 bits per heavy atom. The average Bonchev–Trinajstić information content (AvgIpc) is 3.59. The molecule has 3 aliphatic rings. The molecule has 0 spiro atoms. The third kappa shape index (κ3) is 3.46. The zero-order valence-corrected chi connectivity index (χ0v) is 18.4. The Morgan fingerprint density at radius 3 is 2.42 bits per heavy atom. The van der Waals surface area contributed by atoms with Crippen molar-refractivity contribution in [2.24, 2.45) is 5.41 Å². The molecule has 0 amide bonds. The third-order valence-corrected chi connectivity index (χ3v) is 8.48. The molecule has 0 atom stereocenters. The number of nitrogens with zero attached hydrogens (tertiary/aromatic N) is 4. The van der Waals surface area contributed by atoms with Crippen molar-refractivity contribution >= 4 is 20.9 Å². The molecule has 31 heavy (non-hydrogen) atoms. The number of nitrogens with one attached hydrogen (secondary N) is 1. The van der Waals surface area contributed by atoms with Crippen LogP contribution in [-0.2, 0) is 16.6 Å². The summed E-state index contributed by atoms with van der Waals surface area (Å²) in [5.74, 6) is 0. The van der Waals surface area contributed by atoms with Gasteiger partial charge in [0, 0.05) is 12.1 Å². The quantitative estimate of drug-likeness (QED) is 0.669. The van der Waals surface area contributed by atoms with Gasteiger partial charge in [0.2, 0.25) is 10.0 Å². The predicted molar refractivity (Wildman–Crippen MR) is 114 cm³/mol. The summed E-state index contributed by atoms with van der Waals surface area (Å²) in [6.45, 7) is 5.02. The summed E-state index contributed by atoms with van der Waals surface area (Å²) in [6, 6.07) is 4.02. The standard InChI is InChI=1S/C21H25N5O4S/c1-20(5-6-20)12-25-17-4-3-15(31(29,30)23-21(2)7-8-21)9-16(17)18(27)26(19(25)28)14-10-24(11-14)13-22/h3-4,9,14,23H,5-8,10-12H2,1-2H3. The van der Waals surface area contributed by atoms with Crippen LogP contribution in [0.5, 0.6) is 0 Å². The van der Waals surface area contributed by atoms with Crippen LogP contribution in [0.4, 0.5) is 0 Å². The SMILES string of the molecule is CC1(Cn2c(=O)n(C3CN(C#N)C3)c(=O)c3cc(S(=O)(=O)NC4(C)CC4)ccc32)CC1. The fourth-order valence-electron chi connectivity index (χ4n) is 4.14. The molecule has 1 aliphatic heterocycles. The van der Waals surface area contributed by atoms with Gasteiger partial charge in [0.05, 0.1) is 34.9 Å². The number of rotatable bonds is 6. The van der Waals surface area contributed by atoms with Gasteiger partial charge in [-0.1, -0.05) is 6.92 Å². The molecule has 0 radical (unpaired) electrons. The van der Waals surface area contributed by atoms with E-state index in [-0.39, 0.29) is 15.7 Å². The summed E-state index contributed by atoms with van der Waals surface area (Å²) in [4.78, 5) is 28.1. The molecule has 0 unspecified atom stereocenters. The number of benzene rings is 1. The van der Waals surface area contributed by atoms with Crippen molar-refractivity contribution in [2.45, 2.75) is 62.6 Å². The van der Waals surface area contributed by atoms with Crippen molar-refractivity contribution in [3.8, 4) is 6.19 Å². The highest BCUT2D eigenvalue weighted by atomic mass is 32.2. The van der Waals surface area contributed by atoms with Gasteiger partial charge >= 0.3 is 5.69 Å². The normalized spacial score (nSPS) is 21.5. The summed E-state index contributed by atoms with van der Waals surface area (Å²) >= 11 is 0. The Kier molecular flexibility index (Phi) is 4.21. The number of hydrogen-bond acceptors (Lipinski definition) is 6. The zero-order valence-electron chi connectivity index (χ0n) is 17.6. The second-order valence-corrected chi connectivity index (χ2v) is 11.5. The molecule has 3 fully saturated rings. The molecule has 9 nitrogen and oxygen atoms in total. The smallest absolute Gasteiger partial charge is 0.306 e. The van der Waals surface area contributed by atoms with Crippen molar-refractivity contribution < 1.29 is 8.42 Å². The van der Waals surface area contributed by atoms with E-state index < -0.39 is 32.9 Å². The first-order valence-electron chi connectivity index (χ1n) is 10.5. The first-order chi connectivity index (χ1) is 14.5. The van der Waals surface area contributed by atoms with Crippen LogP contribution in [0, 0.1) is 16.9 Å². The van der Waals surface area contributed by atoms with Crippen molar-refractivity contribution in [3.05, 3.63) is 39.0 Å². The van der Waals surface area contributed by atoms with Gasteiger partial charge in [-0.15, -0.1) is 0 Å². The Balaban J connectivity index is 1.67. The van der Waals surface area contributed by atoms with Crippen LogP contribution in [0.1, 0.15) is 45.6 Å². The molecule has 5 rings (SSSR count). The van der Waals surface area contributed by atoms with Crippen LogP contribution in [0.15, 0.2) is 32.7 Å². The summed E-state index contributed by atoms with van der Waals surface area (Å²) < 4.78 is 31.3. The van der Waals surface area contributed by atoms with Gasteiger partial charge in [0.25, 0.3) is 5.56 Å². The number of hydrogen-bond donors (Lipinski definition) is 1. The van der Waals surface area contributed by atoms with Gasteiger partial charge in [0.1, 0.15) is 0 Å². The minimum Gasteiger partial charge on any atom is -0.306 e. The van der Waals surface area contributed by atoms with Crippen LogP contribution in [0.2, 0.25) is 0 Å². The van der Waals surface area contributed by atoms with Gasteiger partial charge in [0.15, 0.2) is 6.19 Å². The highest BCUT2D eigenvalue weighted by molar-refractivity contribution is 7.89. The van der Waals surface area contributed by atoms with Crippen LogP contribution < -0.4 is 16.0 Å². The lowest BCUT2D eigenvalue weighted by Crippen LogP contribution is -2.54. The summed E-state index contributed by atoms with van der Waals surface area (Å²) in [5, 5.41) is 9.24. The van der Waals surface area contributed by atoms with Crippen molar-refractivity contribution in [1.29, 1.82) is 5.26 Å². The number of nitriles is 1. The van der Waals surface area contributed by atoms with Crippen LogP contribution in [0.3, 0.4) is 0 Å². The van der Waals surface area contributed by atoms with E-state index in [2.05, 4.69) is 11.6 Å².